The first-order chi connectivity index (χ1) is 14.9. The molecule has 0 saturated carbocycles. The van der Waals surface area contributed by atoms with Crippen molar-refractivity contribution in [3.8, 4) is 5.75 Å². The molecule has 0 amide bonds. The molecule has 7 heteroatoms. The van der Waals surface area contributed by atoms with Crippen molar-refractivity contribution in [2.75, 3.05) is 59.3 Å². The molecule has 0 spiro atoms. The second kappa shape index (κ2) is 9.69. The number of rotatable bonds is 7. The van der Waals surface area contributed by atoms with E-state index in [2.05, 4.69) is 35.0 Å². The Morgan fingerprint density at radius 2 is 1.84 bits per heavy atom. The highest BCUT2D eigenvalue weighted by Crippen LogP contribution is 2.35. The number of morpholine rings is 1. The Labute approximate surface area is 185 Å². The van der Waals surface area contributed by atoms with Gasteiger partial charge in [0, 0.05) is 44.9 Å². The van der Waals surface area contributed by atoms with Gasteiger partial charge in [0.2, 0.25) is 0 Å². The number of benzene rings is 2. The van der Waals surface area contributed by atoms with Gasteiger partial charge in [-0.05, 0) is 54.4 Å². The SMILES string of the molecule is CN1Cc2cc(OCCCN3CCOCC3)ccc2C(c2ccc(S(C)(=O)=O)cc2)C1. The van der Waals surface area contributed by atoms with Gasteiger partial charge in [0.05, 0.1) is 24.7 Å². The third-order valence-electron chi connectivity index (χ3n) is 6.13. The third-order valence-corrected chi connectivity index (χ3v) is 7.25. The Hall–Kier alpha value is -1.93. The molecule has 0 bridgehead atoms. The van der Waals surface area contributed by atoms with Crippen LogP contribution in [0.3, 0.4) is 0 Å². The van der Waals surface area contributed by atoms with Crippen molar-refractivity contribution in [3.63, 3.8) is 0 Å². The minimum Gasteiger partial charge on any atom is -0.494 e. The zero-order valence-corrected chi connectivity index (χ0v) is 19.2. The molecule has 1 saturated heterocycles. The molecule has 6 nitrogen and oxygen atoms in total. The van der Waals surface area contributed by atoms with Crippen LogP contribution in [-0.4, -0.2) is 77.5 Å². The summed E-state index contributed by atoms with van der Waals surface area (Å²) in [6.07, 6.45) is 2.25. The summed E-state index contributed by atoms with van der Waals surface area (Å²) < 4.78 is 35.0. The summed E-state index contributed by atoms with van der Waals surface area (Å²) in [5.41, 5.74) is 3.71. The first kappa shape index (κ1) is 22.3. The van der Waals surface area contributed by atoms with E-state index in [1.165, 1.54) is 17.4 Å². The number of ether oxygens (including phenoxy) is 2. The van der Waals surface area contributed by atoms with E-state index in [-0.39, 0.29) is 5.92 Å². The molecule has 2 aliphatic heterocycles. The van der Waals surface area contributed by atoms with Crippen LogP contribution in [-0.2, 0) is 21.1 Å². The van der Waals surface area contributed by atoms with Crippen molar-refractivity contribution in [3.05, 3.63) is 59.2 Å². The molecule has 1 atom stereocenters. The Bertz CT molecular complexity index is 985. The molecule has 1 fully saturated rings. The average molecular weight is 445 g/mol. The Kier molecular flexibility index (Phi) is 6.96. The fourth-order valence-electron chi connectivity index (χ4n) is 4.45. The molecule has 2 aromatic rings. The fraction of sp³-hybridized carbons (Fsp3) is 0.500. The predicted octanol–water partition coefficient (Wildman–Crippen LogP) is 2.77. The van der Waals surface area contributed by atoms with Crippen molar-refractivity contribution in [1.82, 2.24) is 9.80 Å². The highest BCUT2D eigenvalue weighted by atomic mass is 32.2. The van der Waals surface area contributed by atoms with Gasteiger partial charge in [-0.2, -0.15) is 0 Å². The average Bonchev–Trinajstić information content (AvgIpc) is 2.76. The van der Waals surface area contributed by atoms with Crippen LogP contribution in [0.4, 0.5) is 0 Å². The maximum atomic E-state index is 11.8. The minimum absolute atomic E-state index is 0.220. The number of hydrogen-bond donors (Lipinski definition) is 0. The van der Waals surface area contributed by atoms with E-state index in [9.17, 15) is 8.42 Å². The maximum Gasteiger partial charge on any atom is 0.175 e. The van der Waals surface area contributed by atoms with Crippen LogP contribution in [0.25, 0.3) is 0 Å². The van der Waals surface area contributed by atoms with E-state index in [4.69, 9.17) is 9.47 Å². The highest BCUT2D eigenvalue weighted by molar-refractivity contribution is 7.90. The number of sulfone groups is 1. The number of hydrogen-bond acceptors (Lipinski definition) is 6. The molecule has 0 N–H and O–H groups in total. The molecule has 0 radical (unpaired) electrons. The van der Waals surface area contributed by atoms with Crippen molar-refractivity contribution >= 4 is 9.84 Å². The van der Waals surface area contributed by atoms with E-state index >= 15 is 0 Å². The molecule has 0 aliphatic carbocycles. The highest BCUT2D eigenvalue weighted by Gasteiger charge is 2.25. The first-order valence-corrected chi connectivity index (χ1v) is 12.8. The molecule has 2 heterocycles. The number of nitrogens with zero attached hydrogens (tertiary/aromatic N) is 2. The molecule has 168 valence electrons. The van der Waals surface area contributed by atoms with Crippen molar-refractivity contribution in [1.29, 1.82) is 0 Å². The van der Waals surface area contributed by atoms with Gasteiger partial charge in [-0.3, -0.25) is 4.90 Å². The Morgan fingerprint density at radius 3 is 2.55 bits per heavy atom. The normalized spacial score (nSPS) is 20.4. The fourth-order valence-corrected chi connectivity index (χ4v) is 5.08. The quantitative estimate of drug-likeness (QED) is 0.612. The van der Waals surface area contributed by atoms with Crippen molar-refractivity contribution in [2.24, 2.45) is 0 Å². The Morgan fingerprint density at radius 1 is 1.10 bits per heavy atom. The topological polar surface area (TPSA) is 59.1 Å². The second-order valence-corrected chi connectivity index (χ2v) is 10.6. The summed E-state index contributed by atoms with van der Waals surface area (Å²) in [6, 6.07) is 13.7. The van der Waals surface area contributed by atoms with Crippen LogP contribution in [0.15, 0.2) is 47.4 Å². The molecule has 31 heavy (non-hydrogen) atoms. The van der Waals surface area contributed by atoms with Gasteiger partial charge in [0.1, 0.15) is 5.75 Å². The van der Waals surface area contributed by atoms with Crippen molar-refractivity contribution in [2.45, 2.75) is 23.8 Å². The van der Waals surface area contributed by atoms with Gasteiger partial charge in [0.25, 0.3) is 0 Å². The molecule has 2 aliphatic rings. The Balaban J connectivity index is 1.42. The molecule has 1 unspecified atom stereocenters. The van der Waals surface area contributed by atoms with E-state index in [0.29, 0.717) is 11.5 Å². The van der Waals surface area contributed by atoms with Gasteiger partial charge >= 0.3 is 0 Å². The summed E-state index contributed by atoms with van der Waals surface area (Å²) >= 11 is 0. The van der Waals surface area contributed by atoms with E-state index in [0.717, 1.165) is 63.7 Å². The summed E-state index contributed by atoms with van der Waals surface area (Å²) in [7, 11) is -1.06. The summed E-state index contributed by atoms with van der Waals surface area (Å²) in [6.45, 7) is 7.23. The summed E-state index contributed by atoms with van der Waals surface area (Å²) in [4.78, 5) is 5.09. The lowest BCUT2D eigenvalue weighted by atomic mass is 9.85. The van der Waals surface area contributed by atoms with Gasteiger partial charge in [-0.15, -0.1) is 0 Å². The lowest BCUT2D eigenvalue weighted by molar-refractivity contribution is 0.0358. The molecule has 2 aromatic carbocycles. The lowest BCUT2D eigenvalue weighted by Gasteiger charge is -2.33. The van der Waals surface area contributed by atoms with Crippen LogP contribution in [0, 0.1) is 0 Å². The number of fused-ring (bicyclic) bond motifs is 1. The largest absolute Gasteiger partial charge is 0.494 e. The molecular formula is C24H32N2O4S. The van der Waals surface area contributed by atoms with Crippen LogP contribution < -0.4 is 4.74 Å². The zero-order chi connectivity index (χ0) is 21.8. The zero-order valence-electron chi connectivity index (χ0n) is 18.4. The smallest absolute Gasteiger partial charge is 0.175 e. The second-order valence-electron chi connectivity index (χ2n) is 8.61. The summed E-state index contributed by atoms with van der Waals surface area (Å²) in [5.74, 6) is 1.14. The maximum absolute atomic E-state index is 11.8. The lowest BCUT2D eigenvalue weighted by Crippen LogP contribution is -2.37. The van der Waals surface area contributed by atoms with Gasteiger partial charge in [0.15, 0.2) is 9.84 Å². The van der Waals surface area contributed by atoms with E-state index < -0.39 is 9.84 Å². The van der Waals surface area contributed by atoms with Crippen molar-refractivity contribution < 1.29 is 17.9 Å². The van der Waals surface area contributed by atoms with Gasteiger partial charge < -0.3 is 14.4 Å². The van der Waals surface area contributed by atoms with E-state index in [1.54, 1.807) is 12.1 Å². The van der Waals surface area contributed by atoms with Gasteiger partial charge in [-0.25, -0.2) is 8.42 Å². The predicted molar refractivity (Wildman–Crippen MR) is 122 cm³/mol. The number of likely N-dealkylation sites (N-methyl/N-ethyl adjacent to an activating group) is 1. The van der Waals surface area contributed by atoms with Crippen LogP contribution >= 0.6 is 0 Å². The van der Waals surface area contributed by atoms with Crippen LogP contribution in [0.2, 0.25) is 0 Å². The van der Waals surface area contributed by atoms with Gasteiger partial charge in [-0.1, -0.05) is 18.2 Å². The minimum atomic E-state index is -3.18. The van der Waals surface area contributed by atoms with Crippen LogP contribution in [0.5, 0.6) is 5.75 Å². The van der Waals surface area contributed by atoms with Crippen LogP contribution in [0.1, 0.15) is 29.0 Å². The first-order valence-electron chi connectivity index (χ1n) is 10.9. The van der Waals surface area contributed by atoms with E-state index in [1.807, 2.05) is 12.1 Å². The summed E-state index contributed by atoms with van der Waals surface area (Å²) in [5, 5.41) is 0. The monoisotopic (exact) mass is 444 g/mol. The molecule has 4 rings (SSSR count). The third kappa shape index (κ3) is 5.66. The molecular weight excluding hydrogens is 412 g/mol. The molecule has 0 aromatic heterocycles. The standard InChI is InChI=1S/C24H32N2O4S/c1-25-17-20-16-21(30-13-3-10-26-11-14-29-15-12-26)6-9-23(20)24(18-25)19-4-7-22(8-5-19)31(2,27)28/h4-9,16,24H,3,10-15,17-18H2,1-2H3.